The first-order chi connectivity index (χ1) is 43.2. The van der Waals surface area contributed by atoms with Gasteiger partial charge in [0.15, 0.2) is 0 Å². The van der Waals surface area contributed by atoms with Crippen LogP contribution in [0, 0.1) is 5.92 Å². The average Bonchev–Trinajstić information content (AvgIpc) is 1.39. The number of hydrogen-bond acceptors (Lipinski definition) is 4. The Hall–Kier alpha value is -8.67. The molecule has 0 fully saturated rings. The maximum atomic E-state index is 10.2. The molecule has 5 heteroatoms. The highest BCUT2D eigenvalue weighted by Gasteiger charge is 2.38. The van der Waals surface area contributed by atoms with E-state index < -0.39 is 82.7 Å². The molecule has 0 spiro atoms. The Bertz CT molecular complexity index is 4820. The Balaban J connectivity index is 0.965. The summed E-state index contributed by atoms with van der Waals surface area (Å²) in [5.41, 5.74) is 5.96. The Labute approximate surface area is 473 Å². The van der Waals surface area contributed by atoms with Crippen LogP contribution in [0.25, 0.3) is 72.1 Å². The lowest BCUT2D eigenvalue weighted by molar-refractivity contribution is 0.332. The number of hydrogen-bond donors (Lipinski definition) is 0. The molecule has 2 aliphatic rings. The molecule has 9 aromatic carbocycles. The van der Waals surface area contributed by atoms with Crippen LogP contribution >= 0.6 is 0 Å². The highest BCUT2D eigenvalue weighted by atomic mass is 16.5. The Morgan fingerprint density at radius 2 is 1.21 bits per heavy atom. The predicted molar refractivity (Wildman–Crippen MR) is 323 cm³/mol. The van der Waals surface area contributed by atoms with E-state index in [1.165, 1.54) is 0 Å². The third kappa shape index (κ3) is 8.74. The molecule has 0 bridgehead atoms. The molecule has 11 aromatic rings. The summed E-state index contributed by atoms with van der Waals surface area (Å²) in [5.74, 6) is 1.21. The number of benzene rings is 9. The third-order valence-corrected chi connectivity index (χ3v) is 15.2. The molecule has 0 atom stereocenters. The van der Waals surface area contributed by atoms with Gasteiger partial charge < -0.3 is 14.5 Å². The first-order valence-corrected chi connectivity index (χ1v) is 26.2. The lowest BCUT2D eigenvalue weighted by Crippen LogP contribution is -2.33. The number of anilines is 4. The van der Waals surface area contributed by atoms with Crippen LogP contribution in [0.1, 0.15) is 90.3 Å². The second kappa shape index (κ2) is 19.2. The minimum Gasteiger partial charge on any atom is -0.457 e. The zero-order chi connectivity index (χ0) is 64.7. The van der Waals surface area contributed by atoms with Crippen LogP contribution in [-0.4, -0.2) is 16.2 Å². The minimum atomic E-state index is -1.71. The normalized spacial score (nSPS) is 17.3. The molecule has 5 nitrogen and oxygen atoms in total. The number of nitrogens with zero attached hydrogens (tertiary/aromatic N) is 4. The fraction of sp³-hybridized carbons (Fsp3) is 0.181. The zero-order valence-corrected chi connectivity index (χ0v) is 43.8. The second-order valence-corrected chi connectivity index (χ2v) is 21.6. The smallest absolute Gasteiger partial charge is 0.137 e. The summed E-state index contributed by atoms with van der Waals surface area (Å²) in [6, 6.07) is 40.0. The Kier molecular flexibility index (Phi) is 8.66. The topological polar surface area (TPSA) is 33.5 Å². The molecule has 0 amide bonds. The Morgan fingerprint density at radius 1 is 0.545 bits per heavy atom. The van der Waals surface area contributed by atoms with Crippen LogP contribution in [0.2, 0.25) is 0 Å². The molecule has 13 rings (SSSR count). The van der Waals surface area contributed by atoms with Gasteiger partial charge in [0.2, 0.25) is 0 Å². The third-order valence-electron chi connectivity index (χ3n) is 15.2. The molecular formula is C72H64N4O. The lowest BCUT2D eigenvalue weighted by Gasteiger charge is -2.42. The molecule has 1 aliphatic carbocycles. The number of pyridine rings is 1. The second-order valence-electron chi connectivity index (χ2n) is 21.6. The molecule has 0 radical (unpaired) electrons. The van der Waals surface area contributed by atoms with Crippen molar-refractivity contribution in [3.63, 3.8) is 0 Å². The molecule has 77 heavy (non-hydrogen) atoms. The van der Waals surface area contributed by atoms with E-state index in [1.807, 2.05) is 158 Å². The van der Waals surface area contributed by atoms with Gasteiger partial charge in [0.25, 0.3) is 0 Å². The van der Waals surface area contributed by atoms with Crippen LogP contribution in [0.4, 0.5) is 22.7 Å². The molecule has 0 unspecified atom stereocenters. The van der Waals surface area contributed by atoms with E-state index in [-0.39, 0.29) is 47.4 Å². The maximum Gasteiger partial charge on any atom is 0.137 e. The fourth-order valence-electron chi connectivity index (χ4n) is 11.2. The van der Waals surface area contributed by atoms with Crippen molar-refractivity contribution in [3.8, 4) is 61.8 Å². The van der Waals surface area contributed by atoms with Crippen LogP contribution in [0.15, 0.2) is 224 Å². The highest BCUT2D eigenvalue weighted by molar-refractivity contribution is 6.09. The fourth-order valence-corrected chi connectivity index (χ4v) is 11.2. The first-order valence-electron chi connectivity index (χ1n) is 33.2. The Morgan fingerprint density at radius 3 is 2.00 bits per heavy atom. The monoisotopic (exact) mass is 1010 g/mol. The maximum absolute atomic E-state index is 10.2. The number of aromatic nitrogens is 2. The van der Waals surface area contributed by atoms with Gasteiger partial charge in [-0.3, -0.25) is 4.57 Å². The molecular weight excluding hydrogens is 937 g/mol. The van der Waals surface area contributed by atoms with Crippen molar-refractivity contribution in [2.75, 3.05) is 16.5 Å². The first kappa shape index (κ1) is 34.8. The van der Waals surface area contributed by atoms with E-state index in [1.54, 1.807) is 24.4 Å². The van der Waals surface area contributed by atoms with Gasteiger partial charge in [0.1, 0.15) is 24.0 Å². The van der Waals surface area contributed by atoms with Crippen molar-refractivity contribution in [1.29, 1.82) is 0 Å². The molecule has 378 valence electrons. The van der Waals surface area contributed by atoms with Crippen molar-refractivity contribution in [3.05, 3.63) is 241 Å². The van der Waals surface area contributed by atoms with E-state index in [4.69, 9.17) is 16.6 Å². The standard InChI is InChI=1S/C72H64N4O/c1-48(2)40-54-43-69(73-46-62(54)50-22-11-8-12-23-50)76-65-31-14-13-28-60(65)61-36-35-57(45-68(61)76)77-56-27-18-26-55(44-56)74-47-75(67-33-16-15-32-66(67)74)70-58(52-25-17-24-51(41-52)49-20-9-7-10-21-49)29-19-30-59(70)53-34-37-63-64(42-53)72(5,6)39-38-71(63,3)4/h7-37,41-46,48H,38-40,47H2,1-6H3/i7D,9D,10D,17D,20D,21D,24D,25D,34D,37D,40D2,41D,42D. The van der Waals surface area contributed by atoms with Gasteiger partial charge in [-0.25, -0.2) is 4.98 Å². The van der Waals surface area contributed by atoms with E-state index >= 15 is 0 Å². The zero-order valence-electron chi connectivity index (χ0n) is 57.8. The van der Waals surface area contributed by atoms with Gasteiger partial charge >= 0.3 is 0 Å². The van der Waals surface area contributed by atoms with Crippen molar-refractivity contribution in [2.24, 2.45) is 5.92 Å². The number of ether oxygens (including phenoxy) is 1. The van der Waals surface area contributed by atoms with Gasteiger partial charge in [-0.2, -0.15) is 0 Å². The van der Waals surface area contributed by atoms with Gasteiger partial charge in [-0.1, -0.05) is 193 Å². The van der Waals surface area contributed by atoms with E-state index in [2.05, 4.69) is 24.8 Å². The summed E-state index contributed by atoms with van der Waals surface area (Å²) in [6.07, 6.45) is 1.52. The van der Waals surface area contributed by atoms with Gasteiger partial charge in [-0.05, 0) is 135 Å². The molecule has 0 N–H and O–H groups in total. The number of para-hydroxylation sites is 4. The summed E-state index contributed by atoms with van der Waals surface area (Å²) in [7, 11) is 0. The van der Waals surface area contributed by atoms with Crippen molar-refractivity contribution < 1.29 is 23.9 Å². The molecule has 1 aliphatic heterocycles. The largest absolute Gasteiger partial charge is 0.457 e. The van der Waals surface area contributed by atoms with Crippen molar-refractivity contribution >= 4 is 44.6 Å². The van der Waals surface area contributed by atoms with Crippen molar-refractivity contribution in [2.45, 2.75) is 71.6 Å². The van der Waals surface area contributed by atoms with Gasteiger partial charge in [-0.15, -0.1) is 0 Å². The SMILES string of the molecule is [2H]c1c([2H])c([2H])c(-c2c([2H])c([2H])c([2H])c(-c3cccc(-c4c([2H])c([2H])c5c(c4[2H])C(C)(C)CCC5(C)C)c3N3CN(c4cccc(Oc5ccc6c7ccccc7n(-c7cc(C([2H])([2H])C(C)C)c(-c8ccccc8)cn7)c6c5)c4)c4ccccc43)c2[2H])c([2H])c1[2H]. The van der Waals surface area contributed by atoms with E-state index in [0.717, 1.165) is 45.9 Å². The van der Waals surface area contributed by atoms with Gasteiger partial charge in [0.05, 0.1) is 44.5 Å². The molecule has 0 saturated carbocycles. The predicted octanol–water partition coefficient (Wildman–Crippen LogP) is 19.4. The van der Waals surface area contributed by atoms with Crippen molar-refractivity contribution in [1.82, 2.24) is 9.55 Å². The summed E-state index contributed by atoms with van der Waals surface area (Å²) in [6.45, 7) is 12.0. The summed E-state index contributed by atoms with van der Waals surface area (Å²) in [5, 5.41) is 1.92. The highest BCUT2D eigenvalue weighted by Crippen LogP contribution is 2.53. The summed E-state index contributed by atoms with van der Waals surface area (Å²) < 4.78 is 139. The molecule has 3 heterocycles. The average molecular weight is 1020 g/mol. The van der Waals surface area contributed by atoms with E-state index in [0.29, 0.717) is 62.2 Å². The lowest BCUT2D eigenvalue weighted by atomic mass is 9.63. The number of fused-ring (bicyclic) bond motifs is 5. The van der Waals surface area contributed by atoms with Crippen LogP contribution < -0.4 is 14.5 Å². The summed E-state index contributed by atoms with van der Waals surface area (Å²) >= 11 is 0. The van der Waals surface area contributed by atoms with Crippen LogP contribution in [-0.2, 0) is 17.2 Å². The summed E-state index contributed by atoms with van der Waals surface area (Å²) in [4.78, 5) is 9.05. The van der Waals surface area contributed by atoms with Crippen LogP contribution in [0.3, 0.4) is 0 Å². The quantitative estimate of drug-likeness (QED) is 0.129. The van der Waals surface area contributed by atoms with Crippen LogP contribution in [0.5, 0.6) is 11.5 Å². The molecule has 2 aromatic heterocycles. The van der Waals surface area contributed by atoms with Gasteiger partial charge in [0, 0.05) is 54.2 Å². The molecule has 0 saturated heterocycles. The van der Waals surface area contributed by atoms with E-state index in [9.17, 15) is 12.3 Å². The minimum absolute atomic E-state index is 0.0110. The number of rotatable bonds is 11.